The third-order valence-electron chi connectivity index (χ3n) is 4.36. The summed E-state index contributed by atoms with van der Waals surface area (Å²) < 4.78 is 0. The molecular weight excluding hydrogens is 240 g/mol. The number of nitrogens with zero attached hydrogens (tertiary/aromatic N) is 3. The average Bonchev–Trinajstić information content (AvgIpc) is 2.79. The third kappa shape index (κ3) is 2.98. The van der Waals surface area contributed by atoms with Crippen molar-refractivity contribution in [1.82, 2.24) is 20.3 Å². The molecule has 0 spiro atoms. The highest BCUT2D eigenvalue weighted by atomic mass is 16.3. The van der Waals surface area contributed by atoms with E-state index in [-0.39, 0.29) is 12.0 Å². The normalized spacial score (nSPS) is 19.4. The van der Waals surface area contributed by atoms with Crippen LogP contribution in [0.4, 0.5) is 0 Å². The Morgan fingerprint density at radius 2 is 2.21 bits per heavy atom. The lowest BCUT2D eigenvalue weighted by molar-refractivity contribution is -0.0102. The van der Waals surface area contributed by atoms with E-state index in [1.165, 1.54) is 6.42 Å². The van der Waals surface area contributed by atoms with E-state index in [1.54, 1.807) is 4.80 Å². The summed E-state index contributed by atoms with van der Waals surface area (Å²) in [7, 11) is 0. The summed E-state index contributed by atoms with van der Waals surface area (Å²) in [6.07, 6.45) is 5.31. The van der Waals surface area contributed by atoms with Crippen molar-refractivity contribution in [2.75, 3.05) is 6.61 Å². The Kier molecular flexibility index (Phi) is 4.58. The lowest BCUT2D eigenvalue weighted by Gasteiger charge is -2.48. The molecule has 1 aliphatic carbocycles. The Labute approximate surface area is 115 Å². The summed E-state index contributed by atoms with van der Waals surface area (Å²) in [5, 5.41) is 21.9. The van der Waals surface area contributed by atoms with Crippen LogP contribution in [0.15, 0.2) is 6.20 Å². The largest absolute Gasteiger partial charge is 0.396 e. The van der Waals surface area contributed by atoms with Crippen LogP contribution in [0.3, 0.4) is 0 Å². The lowest BCUT2D eigenvalue weighted by Crippen LogP contribution is -2.54. The van der Waals surface area contributed by atoms with Gasteiger partial charge in [-0.15, -0.1) is 0 Å². The van der Waals surface area contributed by atoms with Crippen molar-refractivity contribution in [1.29, 1.82) is 0 Å². The minimum absolute atomic E-state index is 0.0783. The summed E-state index contributed by atoms with van der Waals surface area (Å²) in [5.74, 6) is 0.508. The molecule has 1 saturated carbocycles. The molecule has 0 saturated heterocycles. The number of aryl methyl sites for hydroxylation is 1. The smallest absolute Gasteiger partial charge is 0.0965 e. The van der Waals surface area contributed by atoms with Gasteiger partial charge < -0.3 is 10.4 Å². The highest BCUT2D eigenvalue weighted by molar-refractivity contribution is 5.00. The highest BCUT2D eigenvalue weighted by Crippen LogP contribution is 2.45. The van der Waals surface area contributed by atoms with Gasteiger partial charge in [0, 0.05) is 18.0 Å². The number of nitrogens with one attached hydrogen (secondary N) is 1. The Morgan fingerprint density at radius 1 is 1.47 bits per heavy atom. The first-order chi connectivity index (χ1) is 9.11. The molecule has 1 aliphatic rings. The van der Waals surface area contributed by atoms with E-state index in [0.717, 1.165) is 31.6 Å². The molecule has 0 radical (unpaired) electrons. The molecule has 0 aliphatic heterocycles. The minimum atomic E-state index is 0.0783. The van der Waals surface area contributed by atoms with Gasteiger partial charge in [-0.1, -0.05) is 20.3 Å². The van der Waals surface area contributed by atoms with Gasteiger partial charge in [-0.05, 0) is 25.7 Å². The fourth-order valence-electron chi connectivity index (χ4n) is 3.14. The average molecular weight is 266 g/mol. The summed E-state index contributed by atoms with van der Waals surface area (Å²) in [4.78, 5) is 1.70. The number of aromatic nitrogens is 3. The fourth-order valence-corrected chi connectivity index (χ4v) is 3.14. The highest BCUT2D eigenvalue weighted by Gasteiger charge is 2.44. The van der Waals surface area contributed by atoms with E-state index in [2.05, 4.69) is 29.4 Å². The standard InChI is InChI=1S/C14H26N4O/c1-4-18-16-9-12(17-18)8-15-13(11(2)3)14(10-19)6-5-7-14/h9,11,13,15,19H,4-8,10H2,1-3H3. The topological polar surface area (TPSA) is 63.0 Å². The van der Waals surface area contributed by atoms with Gasteiger partial charge in [0.05, 0.1) is 25.0 Å². The fraction of sp³-hybridized carbons (Fsp3) is 0.857. The predicted molar refractivity (Wildman–Crippen MR) is 74.5 cm³/mol. The molecule has 0 aromatic carbocycles. The first kappa shape index (κ1) is 14.5. The number of aliphatic hydroxyl groups is 1. The molecule has 108 valence electrons. The lowest BCUT2D eigenvalue weighted by atomic mass is 9.62. The van der Waals surface area contributed by atoms with Gasteiger partial charge in [0.2, 0.25) is 0 Å². The van der Waals surface area contributed by atoms with Gasteiger partial charge in [0.25, 0.3) is 0 Å². The summed E-state index contributed by atoms with van der Waals surface area (Å²) in [6.45, 7) is 8.28. The maximum Gasteiger partial charge on any atom is 0.0965 e. The third-order valence-corrected chi connectivity index (χ3v) is 4.36. The van der Waals surface area contributed by atoms with Crippen LogP contribution >= 0.6 is 0 Å². The van der Waals surface area contributed by atoms with Crippen molar-refractivity contribution in [3.05, 3.63) is 11.9 Å². The van der Waals surface area contributed by atoms with Crippen molar-refractivity contribution < 1.29 is 5.11 Å². The van der Waals surface area contributed by atoms with E-state index in [0.29, 0.717) is 12.0 Å². The van der Waals surface area contributed by atoms with Crippen LogP contribution in [-0.4, -0.2) is 32.7 Å². The van der Waals surface area contributed by atoms with Crippen molar-refractivity contribution in [3.63, 3.8) is 0 Å². The minimum Gasteiger partial charge on any atom is -0.396 e. The molecule has 1 aromatic rings. The van der Waals surface area contributed by atoms with E-state index < -0.39 is 0 Å². The zero-order valence-electron chi connectivity index (χ0n) is 12.3. The molecular formula is C14H26N4O. The molecule has 5 nitrogen and oxygen atoms in total. The van der Waals surface area contributed by atoms with E-state index >= 15 is 0 Å². The van der Waals surface area contributed by atoms with Crippen LogP contribution in [0.5, 0.6) is 0 Å². The van der Waals surface area contributed by atoms with Crippen LogP contribution in [0, 0.1) is 11.3 Å². The van der Waals surface area contributed by atoms with Gasteiger partial charge in [0.1, 0.15) is 0 Å². The Morgan fingerprint density at radius 3 is 2.63 bits per heavy atom. The first-order valence-corrected chi connectivity index (χ1v) is 7.34. The molecule has 1 fully saturated rings. The molecule has 0 bridgehead atoms. The molecule has 0 amide bonds. The summed E-state index contributed by atoms with van der Waals surface area (Å²) >= 11 is 0. The van der Waals surface area contributed by atoms with Gasteiger partial charge >= 0.3 is 0 Å². The van der Waals surface area contributed by atoms with Crippen molar-refractivity contribution in [3.8, 4) is 0 Å². The molecule has 5 heteroatoms. The van der Waals surface area contributed by atoms with Gasteiger partial charge in [-0.25, -0.2) is 0 Å². The van der Waals surface area contributed by atoms with E-state index in [1.807, 2.05) is 13.1 Å². The molecule has 1 unspecified atom stereocenters. The second kappa shape index (κ2) is 6.01. The second-order valence-corrected chi connectivity index (χ2v) is 6.00. The van der Waals surface area contributed by atoms with Gasteiger partial charge in [0.15, 0.2) is 0 Å². The predicted octanol–water partition coefficient (Wildman–Crippen LogP) is 1.57. The number of hydrogen-bond donors (Lipinski definition) is 2. The molecule has 2 N–H and O–H groups in total. The van der Waals surface area contributed by atoms with Crippen LogP contribution in [0.25, 0.3) is 0 Å². The molecule has 2 rings (SSSR count). The SMILES string of the molecule is CCn1ncc(CNC(C(C)C)C2(CO)CCC2)n1. The van der Waals surface area contributed by atoms with Crippen LogP contribution in [0.1, 0.15) is 45.7 Å². The maximum absolute atomic E-state index is 9.72. The van der Waals surface area contributed by atoms with E-state index in [9.17, 15) is 5.11 Å². The van der Waals surface area contributed by atoms with Crippen LogP contribution in [-0.2, 0) is 13.1 Å². The van der Waals surface area contributed by atoms with Crippen LogP contribution in [0.2, 0.25) is 0 Å². The molecule has 1 atom stereocenters. The number of aliphatic hydroxyl groups excluding tert-OH is 1. The first-order valence-electron chi connectivity index (χ1n) is 7.34. The Hall–Kier alpha value is -0.940. The zero-order chi connectivity index (χ0) is 13.9. The summed E-state index contributed by atoms with van der Waals surface area (Å²) in [5.41, 5.74) is 1.05. The van der Waals surface area contributed by atoms with Crippen molar-refractivity contribution >= 4 is 0 Å². The van der Waals surface area contributed by atoms with Gasteiger partial charge in [-0.2, -0.15) is 15.0 Å². The quantitative estimate of drug-likeness (QED) is 0.786. The second-order valence-electron chi connectivity index (χ2n) is 6.00. The van der Waals surface area contributed by atoms with Gasteiger partial charge in [-0.3, -0.25) is 0 Å². The molecule has 1 heterocycles. The Balaban J connectivity index is 1.97. The monoisotopic (exact) mass is 266 g/mol. The zero-order valence-corrected chi connectivity index (χ0v) is 12.3. The molecule has 1 aromatic heterocycles. The molecule has 19 heavy (non-hydrogen) atoms. The van der Waals surface area contributed by atoms with Crippen molar-refractivity contribution in [2.24, 2.45) is 11.3 Å². The van der Waals surface area contributed by atoms with Crippen LogP contribution < -0.4 is 5.32 Å². The van der Waals surface area contributed by atoms with E-state index in [4.69, 9.17) is 0 Å². The maximum atomic E-state index is 9.72. The van der Waals surface area contributed by atoms with Crippen molar-refractivity contribution in [2.45, 2.75) is 59.2 Å². The summed E-state index contributed by atoms with van der Waals surface area (Å²) in [6, 6.07) is 0.345. The Bertz CT molecular complexity index is 392. The number of hydrogen-bond acceptors (Lipinski definition) is 4. The number of rotatable bonds is 7.